The Balaban J connectivity index is 1.68. The quantitative estimate of drug-likeness (QED) is 0.862. The van der Waals surface area contributed by atoms with Crippen molar-refractivity contribution >= 4 is 26.5 Å². The number of methoxy groups -OCH3 is 1. The molecular formula is C17H23N3O3S2. The van der Waals surface area contributed by atoms with Gasteiger partial charge >= 0.3 is 0 Å². The summed E-state index contributed by atoms with van der Waals surface area (Å²) in [5.74, 6) is 0.732. The van der Waals surface area contributed by atoms with E-state index in [1.165, 1.54) is 0 Å². The number of hydrogen-bond donors (Lipinski definition) is 1. The van der Waals surface area contributed by atoms with E-state index in [1.54, 1.807) is 36.8 Å². The maximum atomic E-state index is 12.7. The van der Waals surface area contributed by atoms with Crippen LogP contribution in [0.4, 0.5) is 5.13 Å². The Hall–Kier alpha value is -1.64. The Morgan fingerprint density at radius 3 is 2.40 bits per heavy atom. The van der Waals surface area contributed by atoms with Gasteiger partial charge in [0.25, 0.3) is 0 Å². The number of benzene rings is 1. The minimum atomic E-state index is -3.54. The first-order chi connectivity index (χ1) is 11.9. The fourth-order valence-corrected chi connectivity index (χ4v) is 5.41. The minimum Gasteiger partial charge on any atom is -0.496 e. The zero-order chi connectivity index (χ0) is 18.0. The highest BCUT2D eigenvalue weighted by molar-refractivity contribution is 7.89. The van der Waals surface area contributed by atoms with Crippen molar-refractivity contribution < 1.29 is 13.2 Å². The van der Waals surface area contributed by atoms with Crippen molar-refractivity contribution in [2.75, 3.05) is 25.1 Å². The fraction of sp³-hybridized carbons (Fsp3) is 0.471. The van der Waals surface area contributed by atoms with Crippen LogP contribution in [0.15, 0.2) is 28.6 Å². The van der Waals surface area contributed by atoms with E-state index < -0.39 is 10.0 Å². The van der Waals surface area contributed by atoms with Crippen LogP contribution >= 0.6 is 11.3 Å². The van der Waals surface area contributed by atoms with Crippen molar-refractivity contribution in [3.63, 3.8) is 0 Å². The Labute approximate surface area is 152 Å². The highest BCUT2D eigenvalue weighted by atomic mass is 32.2. The van der Waals surface area contributed by atoms with Crippen molar-refractivity contribution in [1.82, 2.24) is 9.71 Å². The largest absolute Gasteiger partial charge is 0.496 e. The summed E-state index contributed by atoms with van der Waals surface area (Å²) in [6.45, 7) is 5.33. The molecular weight excluding hydrogens is 358 g/mol. The maximum Gasteiger partial charge on any atom is 0.240 e. The lowest BCUT2D eigenvalue weighted by Crippen LogP contribution is -2.44. The smallest absolute Gasteiger partial charge is 0.240 e. The molecule has 0 unspecified atom stereocenters. The average Bonchev–Trinajstić information content (AvgIpc) is 3.09. The van der Waals surface area contributed by atoms with Gasteiger partial charge in [-0.2, -0.15) is 0 Å². The van der Waals surface area contributed by atoms with Gasteiger partial charge in [-0.1, -0.05) is 0 Å². The number of hydrogen-bond acceptors (Lipinski definition) is 6. The number of aromatic nitrogens is 1. The highest BCUT2D eigenvalue weighted by Gasteiger charge is 2.26. The van der Waals surface area contributed by atoms with Gasteiger partial charge in [0.1, 0.15) is 5.75 Å². The number of sulfonamides is 1. The van der Waals surface area contributed by atoms with Crippen LogP contribution < -0.4 is 14.4 Å². The van der Waals surface area contributed by atoms with E-state index in [0.29, 0.717) is 4.90 Å². The van der Waals surface area contributed by atoms with Gasteiger partial charge in [-0.15, -0.1) is 11.3 Å². The minimum absolute atomic E-state index is 0.0519. The second-order valence-corrected chi connectivity index (χ2v) is 8.87. The number of ether oxygens (including phenoxy) is 1. The Morgan fingerprint density at radius 1 is 1.24 bits per heavy atom. The molecule has 1 saturated heterocycles. The van der Waals surface area contributed by atoms with Crippen molar-refractivity contribution in [2.45, 2.75) is 37.6 Å². The molecule has 2 heterocycles. The highest BCUT2D eigenvalue weighted by Crippen LogP contribution is 2.27. The normalized spacial score (nSPS) is 16.2. The van der Waals surface area contributed by atoms with E-state index in [4.69, 9.17) is 4.74 Å². The lowest BCUT2D eigenvalue weighted by Gasteiger charge is -2.32. The number of anilines is 1. The van der Waals surface area contributed by atoms with E-state index in [2.05, 4.69) is 14.6 Å². The molecule has 1 aromatic carbocycles. The summed E-state index contributed by atoms with van der Waals surface area (Å²) in [5.41, 5.74) is 1.64. The molecule has 2 aromatic rings. The molecule has 1 aliphatic heterocycles. The molecule has 1 aromatic heterocycles. The van der Waals surface area contributed by atoms with Crippen molar-refractivity contribution in [3.8, 4) is 5.75 Å². The molecule has 136 valence electrons. The fourth-order valence-electron chi connectivity index (χ4n) is 3.24. The molecule has 0 amide bonds. The third kappa shape index (κ3) is 3.96. The first kappa shape index (κ1) is 18.2. The predicted molar refractivity (Wildman–Crippen MR) is 100 cm³/mol. The zero-order valence-corrected chi connectivity index (χ0v) is 16.3. The monoisotopic (exact) mass is 381 g/mol. The summed E-state index contributed by atoms with van der Waals surface area (Å²) in [5, 5.41) is 2.96. The first-order valence-corrected chi connectivity index (χ1v) is 10.6. The predicted octanol–water partition coefficient (Wildman–Crippen LogP) is 2.72. The lowest BCUT2D eigenvalue weighted by atomic mass is 10.1. The molecule has 0 saturated carbocycles. The van der Waals surface area contributed by atoms with E-state index in [9.17, 15) is 8.42 Å². The maximum absolute atomic E-state index is 12.7. The Bertz CT molecular complexity index is 804. The number of rotatable bonds is 5. The molecule has 0 bridgehead atoms. The second kappa shape index (κ2) is 7.31. The topological polar surface area (TPSA) is 71.5 Å². The zero-order valence-electron chi connectivity index (χ0n) is 14.7. The third-order valence-electron chi connectivity index (χ3n) is 4.45. The summed E-state index contributed by atoms with van der Waals surface area (Å²) >= 11 is 1.61. The Morgan fingerprint density at radius 2 is 1.88 bits per heavy atom. The van der Waals surface area contributed by atoms with Crippen molar-refractivity contribution in [1.29, 1.82) is 0 Å². The van der Waals surface area contributed by atoms with Gasteiger partial charge in [-0.3, -0.25) is 0 Å². The third-order valence-corrected chi connectivity index (χ3v) is 6.79. The van der Waals surface area contributed by atoms with Crippen LogP contribution in [0, 0.1) is 13.8 Å². The van der Waals surface area contributed by atoms with E-state index in [-0.39, 0.29) is 6.04 Å². The van der Waals surface area contributed by atoms with Gasteiger partial charge in [0.15, 0.2) is 5.13 Å². The lowest BCUT2D eigenvalue weighted by molar-refractivity contribution is 0.408. The summed E-state index contributed by atoms with van der Waals surface area (Å²) in [7, 11) is -1.94. The second-order valence-electron chi connectivity index (χ2n) is 6.29. The molecule has 0 radical (unpaired) electrons. The van der Waals surface area contributed by atoms with E-state index in [1.807, 2.05) is 19.2 Å². The van der Waals surface area contributed by atoms with Crippen LogP contribution in [-0.2, 0) is 10.0 Å². The number of nitrogens with zero attached hydrogens (tertiary/aromatic N) is 2. The molecule has 8 heteroatoms. The van der Waals surface area contributed by atoms with E-state index >= 15 is 0 Å². The van der Waals surface area contributed by atoms with Gasteiger partial charge in [0, 0.05) is 30.7 Å². The molecule has 0 spiro atoms. The molecule has 0 atom stereocenters. The number of thiazole rings is 1. The number of nitrogens with one attached hydrogen (secondary N) is 1. The number of piperidine rings is 1. The summed E-state index contributed by atoms with van der Waals surface area (Å²) in [6, 6.07) is 3.28. The van der Waals surface area contributed by atoms with Crippen LogP contribution in [0.1, 0.15) is 24.0 Å². The van der Waals surface area contributed by atoms with Gasteiger partial charge < -0.3 is 9.64 Å². The van der Waals surface area contributed by atoms with Crippen molar-refractivity contribution in [2.24, 2.45) is 0 Å². The van der Waals surface area contributed by atoms with Gasteiger partial charge in [-0.05, 0) is 49.9 Å². The van der Waals surface area contributed by atoms with Crippen LogP contribution in [0.2, 0.25) is 0 Å². The average molecular weight is 382 g/mol. The molecule has 1 N–H and O–H groups in total. The Kier molecular flexibility index (Phi) is 5.31. The van der Waals surface area contributed by atoms with Crippen molar-refractivity contribution in [3.05, 3.63) is 34.8 Å². The molecule has 1 fully saturated rings. The van der Waals surface area contributed by atoms with Gasteiger partial charge in [0.2, 0.25) is 10.0 Å². The standard InChI is InChI=1S/C17H23N3O3S2/c1-12-10-15(11-13(2)16(12)23-3)25(21,22)19-14-4-7-20(8-5-14)17-18-6-9-24-17/h6,9-11,14,19H,4-5,7-8H2,1-3H3. The van der Waals surface area contributed by atoms with E-state index in [0.717, 1.165) is 47.9 Å². The first-order valence-electron chi connectivity index (χ1n) is 8.22. The van der Waals surface area contributed by atoms with Gasteiger partial charge in [0.05, 0.1) is 12.0 Å². The molecule has 1 aliphatic rings. The van der Waals surface area contributed by atoms with Crippen LogP contribution in [-0.4, -0.2) is 39.6 Å². The molecule has 6 nitrogen and oxygen atoms in total. The molecule has 3 rings (SSSR count). The van der Waals surface area contributed by atoms with Crippen LogP contribution in [0.5, 0.6) is 5.75 Å². The number of aryl methyl sites for hydroxylation is 2. The molecule has 25 heavy (non-hydrogen) atoms. The summed E-state index contributed by atoms with van der Waals surface area (Å²) in [4.78, 5) is 6.82. The van der Waals surface area contributed by atoms with Crippen LogP contribution in [0.25, 0.3) is 0 Å². The summed E-state index contributed by atoms with van der Waals surface area (Å²) < 4.78 is 33.6. The molecule has 0 aliphatic carbocycles. The van der Waals surface area contributed by atoms with Crippen LogP contribution in [0.3, 0.4) is 0 Å². The SMILES string of the molecule is COc1c(C)cc(S(=O)(=O)NC2CCN(c3nccs3)CC2)cc1C. The van der Waals surface area contributed by atoms with Gasteiger partial charge in [-0.25, -0.2) is 18.1 Å². The summed E-state index contributed by atoms with van der Waals surface area (Å²) in [6.07, 6.45) is 3.34.